The summed E-state index contributed by atoms with van der Waals surface area (Å²) in [6.07, 6.45) is 2.54. The molecule has 0 bridgehead atoms. The molecule has 0 heterocycles. The highest BCUT2D eigenvalue weighted by Crippen LogP contribution is 2.29. The molecule has 0 aliphatic heterocycles. The van der Waals surface area contributed by atoms with Crippen molar-refractivity contribution < 1.29 is 35.6 Å². The van der Waals surface area contributed by atoms with Crippen LogP contribution in [0.15, 0.2) is 58.3 Å². The van der Waals surface area contributed by atoms with E-state index in [0.29, 0.717) is 11.6 Å². The SMILES string of the molecule is O=[N+]([O-])OS(=O)(=O)c1cccc(C=Cc2ccccc2)c1S(=O)(=O)O[N+](=O)[O-]. The lowest BCUT2D eigenvalue weighted by Gasteiger charge is -2.11. The zero-order valence-electron chi connectivity index (χ0n) is 13.6. The molecule has 14 heteroatoms. The van der Waals surface area contributed by atoms with E-state index in [1.54, 1.807) is 30.3 Å². The van der Waals surface area contributed by atoms with Gasteiger partial charge in [-0.3, -0.25) is 0 Å². The van der Waals surface area contributed by atoms with Gasteiger partial charge >= 0.3 is 30.4 Å². The summed E-state index contributed by atoms with van der Waals surface area (Å²) in [5.41, 5.74) is 0.259. The maximum atomic E-state index is 12.2. The van der Waals surface area contributed by atoms with Crippen LogP contribution < -0.4 is 0 Å². The van der Waals surface area contributed by atoms with Crippen LogP contribution in [0.1, 0.15) is 11.1 Å². The van der Waals surface area contributed by atoms with Crippen molar-refractivity contribution in [2.24, 2.45) is 0 Å². The fraction of sp³-hybridized carbons (Fsp3) is 0. The normalized spacial score (nSPS) is 11.9. The Bertz CT molecular complexity index is 1140. The van der Waals surface area contributed by atoms with Gasteiger partial charge in [0.2, 0.25) is 0 Å². The highest BCUT2D eigenvalue weighted by molar-refractivity contribution is 7.89. The van der Waals surface area contributed by atoms with E-state index in [-0.39, 0.29) is 5.56 Å². The van der Waals surface area contributed by atoms with E-state index in [1.165, 1.54) is 6.08 Å². The van der Waals surface area contributed by atoms with Crippen molar-refractivity contribution in [3.63, 3.8) is 0 Å². The standard InChI is InChI=1S/C14H10N2O10S2/c17-15(18)25-27(21,22)13-8-4-7-12(10-9-11-5-2-1-3-6-11)14(13)28(23,24)26-16(19)20/h1-10H. The summed E-state index contributed by atoms with van der Waals surface area (Å²) >= 11 is 0. The minimum Gasteiger partial charge on any atom is -0.196 e. The van der Waals surface area contributed by atoms with Crippen LogP contribution >= 0.6 is 0 Å². The van der Waals surface area contributed by atoms with Crippen LogP contribution in [0.3, 0.4) is 0 Å². The van der Waals surface area contributed by atoms with Gasteiger partial charge in [-0.1, -0.05) is 54.6 Å². The molecule has 0 unspecified atom stereocenters. The molecule has 12 nitrogen and oxygen atoms in total. The minimum atomic E-state index is -5.28. The topological polar surface area (TPSA) is 173 Å². The van der Waals surface area contributed by atoms with Crippen molar-refractivity contribution in [3.05, 3.63) is 79.9 Å². The zero-order chi connectivity index (χ0) is 20.9. The van der Waals surface area contributed by atoms with Crippen LogP contribution in [0.2, 0.25) is 0 Å². The lowest BCUT2D eigenvalue weighted by Crippen LogP contribution is -2.19. The van der Waals surface area contributed by atoms with Gasteiger partial charge in [0.05, 0.1) is 0 Å². The van der Waals surface area contributed by atoms with Crippen LogP contribution in [0, 0.1) is 20.2 Å². The first-order valence-electron chi connectivity index (χ1n) is 7.07. The van der Waals surface area contributed by atoms with Gasteiger partial charge in [0, 0.05) is 0 Å². The van der Waals surface area contributed by atoms with Crippen LogP contribution in [-0.4, -0.2) is 27.0 Å². The predicted molar refractivity (Wildman–Crippen MR) is 92.3 cm³/mol. The maximum absolute atomic E-state index is 12.2. The molecular formula is C14H10N2O10S2. The summed E-state index contributed by atoms with van der Waals surface area (Å²) in [5, 5.41) is 17.6. The maximum Gasteiger partial charge on any atom is 0.336 e. The summed E-state index contributed by atoms with van der Waals surface area (Å²) in [6, 6.07) is 11.3. The third-order valence-corrected chi connectivity index (χ3v) is 5.70. The van der Waals surface area contributed by atoms with E-state index in [2.05, 4.69) is 8.57 Å². The molecular weight excluding hydrogens is 420 g/mol. The first kappa shape index (κ1) is 20.8. The second-order valence-corrected chi connectivity index (χ2v) is 7.89. The summed E-state index contributed by atoms with van der Waals surface area (Å²) in [6.45, 7) is 0. The van der Waals surface area contributed by atoms with Gasteiger partial charge < -0.3 is 0 Å². The Kier molecular flexibility index (Phi) is 5.95. The average Bonchev–Trinajstić information content (AvgIpc) is 2.58. The molecule has 0 aromatic heterocycles. The summed E-state index contributed by atoms with van der Waals surface area (Å²) in [4.78, 5) is 18.6. The molecule has 0 atom stereocenters. The number of rotatable bonds is 8. The molecule has 0 amide bonds. The molecule has 2 rings (SSSR count). The quantitative estimate of drug-likeness (QED) is 0.340. The Balaban J connectivity index is 2.72. The molecule has 0 aliphatic carbocycles. The smallest absolute Gasteiger partial charge is 0.196 e. The molecule has 28 heavy (non-hydrogen) atoms. The van der Waals surface area contributed by atoms with E-state index < -0.39 is 40.2 Å². The van der Waals surface area contributed by atoms with Gasteiger partial charge in [0.1, 0.15) is 9.79 Å². The Hall–Kier alpha value is -3.52. The Morgan fingerprint density at radius 2 is 1.32 bits per heavy atom. The highest BCUT2D eigenvalue weighted by Gasteiger charge is 2.33. The van der Waals surface area contributed by atoms with Gasteiger partial charge in [0.25, 0.3) is 0 Å². The first-order chi connectivity index (χ1) is 13.0. The molecule has 0 aliphatic rings. The summed E-state index contributed by atoms with van der Waals surface area (Å²) in [5.74, 6) is 0. The van der Waals surface area contributed by atoms with Gasteiger partial charge in [-0.15, -0.1) is 20.2 Å². The Morgan fingerprint density at radius 1 is 0.750 bits per heavy atom. The number of nitrogens with zero attached hydrogens (tertiary/aromatic N) is 2. The fourth-order valence-corrected chi connectivity index (χ4v) is 4.53. The molecule has 0 radical (unpaired) electrons. The molecule has 0 spiro atoms. The number of hydrogen-bond acceptors (Lipinski definition) is 10. The third-order valence-electron chi connectivity index (χ3n) is 3.10. The van der Waals surface area contributed by atoms with E-state index >= 15 is 0 Å². The van der Waals surface area contributed by atoms with Crippen molar-refractivity contribution in [3.8, 4) is 0 Å². The monoisotopic (exact) mass is 430 g/mol. The summed E-state index contributed by atoms with van der Waals surface area (Å²) < 4.78 is 55.8. The molecule has 0 saturated carbocycles. The molecule has 148 valence electrons. The van der Waals surface area contributed by atoms with Gasteiger partial charge in [-0.25, -0.2) is 0 Å². The van der Waals surface area contributed by atoms with Crippen LogP contribution in [0.25, 0.3) is 12.2 Å². The lowest BCUT2D eigenvalue weighted by atomic mass is 10.1. The highest BCUT2D eigenvalue weighted by atomic mass is 32.2. The largest absolute Gasteiger partial charge is 0.336 e. The second kappa shape index (κ2) is 8.01. The van der Waals surface area contributed by atoms with Crippen molar-refractivity contribution in [2.75, 3.05) is 0 Å². The van der Waals surface area contributed by atoms with Gasteiger partial charge in [-0.05, 0) is 17.2 Å². The third kappa shape index (κ3) is 5.01. The van der Waals surface area contributed by atoms with E-state index in [9.17, 15) is 37.1 Å². The Morgan fingerprint density at radius 3 is 1.89 bits per heavy atom. The van der Waals surface area contributed by atoms with Crippen molar-refractivity contribution >= 4 is 32.4 Å². The fourth-order valence-electron chi connectivity index (χ4n) is 2.12. The average molecular weight is 430 g/mol. The summed E-state index contributed by atoms with van der Waals surface area (Å²) in [7, 11) is -10.5. The van der Waals surface area contributed by atoms with Crippen LogP contribution in [0.5, 0.6) is 0 Å². The molecule has 0 N–H and O–H groups in total. The minimum absolute atomic E-state index is 0.335. The second-order valence-electron chi connectivity index (χ2n) is 4.92. The van der Waals surface area contributed by atoms with Gasteiger partial charge in [0.15, 0.2) is 0 Å². The number of benzene rings is 2. The predicted octanol–water partition coefficient (Wildman–Crippen LogP) is 1.65. The van der Waals surface area contributed by atoms with E-state index in [4.69, 9.17) is 0 Å². The first-order valence-corrected chi connectivity index (χ1v) is 9.89. The van der Waals surface area contributed by atoms with Gasteiger partial charge in [-0.2, -0.15) is 25.4 Å². The Labute approximate surface area is 158 Å². The molecule has 0 saturated heterocycles. The zero-order valence-corrected chi connectivity index (χ0v) is 15.2. The van der Waals surface area contributed by atoms with Crippen molar-refractivity contribution in [1.29, 1.82) is 0 Å². The van der Waals surface area contributed by atoms with E-state index in [1.807, 2.05) is 0 Å². The molecule has 2 aromatic rings. The van der Waals surface area contributed by atoms with E-state index in [0.717, 1.165) is 18.2 Å². The molecule has 0 fully saturated rings. The number of hydrogen-bond donors (Lipinski definition) is 0. The van der Waals surface area contributed by atoms with Crippen molar-refractivity contribution in [2.45, 2.75) is 9.79 Å². The van der Waals surface area contributed by atoms with Crippen LogP contribution in [0.4, 0.5) is 0 Å². The molecule has 2 aromatic carbocycles. The van der Waals surface area contributed by atoms with Crippen molar-refractivity contribution in [1.82, 2.24) is 0 Å². The lowest BCUT2D eigenvalue weighted by molar-refractivity contribution is -0.711. The van der Waals surface area contributed by atoms with Crippen LogP contribution in [-0.2, 0) is 28.8 Å².